The zero-order valence-corrected chi connectivity index (χ0v) is 14.7. The number of amides is 1. The van der Waals surface area contributed by atoms with Crippen LogP contribution in [-0.4, -0.2) is 29.0 Å². The maximum absolute atomic E-state index is 12.6. The summed E-state index contributed by atoms with van der Waals surface area (Å²) in [6.45, 7) is 5.84. The van der Waals surface area contributed by atoms with E-state index in [-0.39, 0.29) is 5.91 Å². The zero-order chi connectivity index (χ0) is 17.1. The summed E-state index contributed by atoms with van der Waals surface area (Å²) < 4.78 is 0. The summed E-state index contributed by atoms with van der Waals surface area (Å²) in [6.07, 6.45) is 5.01. The summed E-state index contributed by atoms with van der Waals surface area (Å²) in [5.74, 6) is 0.533. The summed E-state index contributed by atoms with van der Waals surface area (Å²) >= 11 is 6.26. The molecule has 1 aliphatic rings. The lowest BCUT2D eigenvalue weighted by molar-refractivity contribution is 0.102. The fourth-order valence-corrected chi connectivity index (χ4v) is 3.39. The first-order valence-corrected chi connectivity index (χ1v) is 8.57. The number of aromatic nitrogens is 2. The fraction of sp³-hybridized carbons (Fsp3) is 0.389. The second-order valence-corrected chi connectivity index (χ2v) is 6.61. The van der Waals surface area contributed by atoms with Crippen LogP contribution < -0.4 is 10.2 Å². The first-order valence-electron chi connectivity index (χ1n) is 8.19. The summed E-state index contributed by atoms with van der Waals surface area (Å²) in [6, 6.07) is 5.57. The van der Waals surface area contributed by atoms with Crippen LogP contribution in [0.2, 0.25) is 5.02 Å². The fourth-order valence-electron chi connectivity index (χ4n) is 3.02. The first-order chi connectivity index (χ1) is 11.5. The van der Waals surface area contributed by atoms with Gasteiger partial charge in [0.1, 0.15) is 17.8 Å². The third kappa shape index (κ3) is 3.67. The molecular formula is C18H21ClN4O. The Hall–Kier alpha value is -2.14. The standard InChI is InChI=1S/C18H21ClN4O/c1-12-8-13(2)17(14(19)9-12)22-18(24)15-10-16(21-11-20-15)23-6-4-3-5-7-23/h8-11H,3-7H2,1-2H3,(H,22,24). The number of aryl methyl sites for hydroxylation is 2. The first kappa shape index (κ1) is 16.7. The van der Waals surface area contributed by atoms with Gasteiger partial charge < -0.3 is 10.2 Å². The largest absolute Gasteiger partial charge is 0.357 e. The molecule has 0 spiro atoms. The normalized spacial score (nSPS) is 14.5. The van der Waals surface area contributed by atoms with Crippen molar-refractivity contribution in [2.45, 2.75) is 33.1 Å². The average Bonchev–Trinajstić information content (AvgIpc) is 2.59. The molecule has 1 N–H and O–H groups in total. The van der Waals surface area contributed by atoms with Crippen LogP contribution in [0.3, 0.4) is 0 Å². The number of hydrogen-bond acceptors (Lipinski definition) is 4. The lowest BCUT2D eigenvalue weighted by Gasteiger charge is -2.27. The highest BCUT2D eigenvalue weighted by Gasteiger charge is 2.16. The van der Waals surface area contributed by atoms with E-state index >= 15 is 0 Å². The van der Waals surface area contributed by atoms with Crippen LogP contribution in [0.5, 0.6) is 0 Å². The van der Waals surface area contributed by atoms with E-state index < -0.39 is 0 Å². The average molecular weight is 345 g/mol. The highest BCUT2D eigenvalue weighted by molar-refractivity contribution is 6.34. The van der Waals surface area contributed by atoms with Gasteiger partial charge in [0.25, 0.3) is 5.91 Å². The summed E-state index contributed by atoms with van der Waals surface area (Å²) in [5.41, 5.74) is 2.97. The number of hydrogen-bond donors (Lipinski definition) is 1. The van der Waals surface area contributed by atoms with Gasteiger partial charge in [-0.15, -0.1) is 0 Å². The number of anilines is 2. The maximum atomic E-state index is 12.6. The Kier molecular flexibility index (Phi) is 5.00. The van der Waals surface area contributed by atoms with Crippen LogP contribution in [0.15, 0.2) is 24.5 Å². The van der Waals surface area contributed by atoms with Gasteiger partial charge in [-0.05, 0) is 50.3 Å². The molecule has 1 fully saturated rings. The molecule has 0 unspecified atom stereocenters. The van der Waals surface area contributed by atoms with Gasteiger partial charge in [-0.3, -0.25) is 4.79 Å². The third-order valence-electron chi connectivity index (χ3n) is 4.24. The lowest BCUT2D eigenvalue weighted by atomic mass is 10.1. The van der Waals surface area contributed by atoms with Gasteiger partial charge in [0.15, 0.2) is 0 Å². The smallest absolute Gasteiger partial charge is 0.274 e. The lowest BCUT2D eigenvalue weighted by Crippen LogP contribution is -2.30. The van der Waals surface area contributed by atoms with E-state index in [1.54, 1.807) is 6.07 Å². The molecule has 2 aromatic rings. The van der Waals surface area contributed by atoms with Gasteiger partial charge in [-0.25, -0.2) is 9.97 Å². The minimum Gasteiger partial charge on any atom is -0.357 e. The van der Waals surface area contributed by atoms with Crippen molar-refractivity contribution in [2.75, 3.05) is 23.3 Å². The van der Waals surface area contributed by atoms with Gasteiger partial charge in [0.2, 0.25) is 0 Å². The summed E-state index contributed by atoms with van der Waals surface area (Å²) in [7, 11) is 0. The molecule has 1 aromatic heterocycles. The summed E-state index contributed by atoms with van der Waals surface area (Å²) in [5, 5.41) is 3.41. The Morgan fingerprint density at radius 1 is 1.12 bits per heavy atom. The van der Waals surface area contributed by atoms with Crippen molar-refractivity contribution in [3.05, 3.63) is 46.4 Å². The molecule has 1 aromatic carbocycles. The number of benzene rings is 1. The Bertz CT molecular complexity index is 733. The molecule has 126 valence electrons. The SMILES string of the molecule is Cc1cc(C)c(NC(=O)c2cc(N3CCCCC3)ncn2)c(Cl)c1. The van der Waals surface area contributed by atoms with Crippen LogP contribution in [0, 0.1) is 13.8 Å². The van der Waals surface area contributed by atoms with Crippen LogP contribution in [0.1, 0.15) is 40.9 Å². The van der Waals surface area contributed by atoms with Gasteiger partial charge in [0, 0.05) is 19.2 Å². The Morgan fingerprint density at radius 2 is 1.88 bits per heavy atom. The molecule has 0 bridgehead atoms. The van der Waals surface area contributed by atoms with E-state index in [1.807, 2.05) is 26.0 Å². The second-order valence-electron chi connectivity index (χ2n) is 6.20. The topological polar surface area (TPSA) is 58.1 Å². The Balaban J connectivity index is 1.80. The van der Waals surface area contributed by atoms with Gasteiger partial charge in [0.05, 0.1) is 10.7 Å². The van der Waals surface area contributed by atoms with Crippen molar-refractivity contribution >= 4 is 29.0 Å². The van der Waals surface area contributed by atoms with Crippen molar-refractivity contribution in [1.29, 1.82) is 0 Å². The molecule has 6 heteroatoms. The van der Waals surface area contributed by atoms with Crippen LogP contribution in [0.25, 0.3) is 0 Å². The number of halogens is 1. The molecule has 0 saturated carbocycles. The molecule has 1 amide bonds. The second kappa shape index (κ2) is 7.18. The van der Waals surface area contributed by atoms with Crippen molar-refractivity contribution < 1.29 is 4.79 Å². The number of carbonyl (C=O) groups is 1. The van der Waals surface area contributed by atoms with Gasteiger partial charge >= 0.3 is 0 Å². The van der Waals surface area contributed by atoms with E-state index in [0.29, 0.717) is 16.4 Å². The van der Waals surface area contributed by atoms with Crippen molar-refractivity contribution in [3.8, 4) is 0 Å². The Morgan fingerprint density at radius 3 is 2.58 bits per heavy atom. The number of nitrogens with zero attached hydrogens (tertiary/aromatic N) is 3. The number of carbonyl (C=O) groups excluding carboxylic acids is 1. The highest BCUT2D eigenvalue weighted by Crippen LogP contribution is 2.28. The number of rotatable bonds is 3. The van der Waals surface area contributed by atoms with E-state index in [9.17, 15) is 4.79 Å². The number of piperidine rings is 1. The predicted molar refractivity (Wildman–Crippen MR) is 97.0 cm³/mol. The van der Waals surface area contributed by atoms with Crippen molar-refractivity contribution in [2.24, 2.45) is 0 Å². The van der Waals surface area contributed by atoms with Crippen LogP contribution in [-0.2, 0) is 0 Å². The van der Waals surface area contributed by atoms with Gasteiger partial charge in [-0.1, -0.05) is 17.7 Å². The molecule has 0 radical (unpaired) electrons. The van der Waals surface area contributed by atoms with Gasteiger partial charge in [-0.2, -0.15) is 0 Å². The van der Waals surface area contributed by atoms with E-state index in [1.165, 1.54) is 12.7 Å². The van der Waals surface area contributed by atoms with E-state index in [0.717, 1.165) is 42.9 Å². The molecule has 1 saturated heterocycles. The number of nitrogens with one attached hydrogen (secondary N) is 1. The zero-order valence-electron chi connectivity index (χ0n) is 14.0. The Labute approximate surface area is 147 Å². The molecule has 0 atom stereocenters. The quantitative estimate of drug-likeness (QED) is 0.914. The van der Waals surface area contributed by atoms with Crippen molar-refractivity contribution in [3.63, 3.8) is 0 Å². The minimum atomic E-state index is -0.274. The highest BCUT2D eigenvalue weighted by atomic mass is 35.5. The van der Waals surface area contributed by atoms with E-state index in [2.05, 4.69) is 20.2 Å². The van der Waals surface area contributed by atoms with Crippen molar-refractivity contribution in [1.82, 2.24) is 9.97 Å². The monoisotopic (exact) mass is 344 g/mol. The van der Waals surface area contributed by atoms with Crippen LogP contribution >= 0.6 is 11.6 Å². The summed E-state index contributed by atoms with van der Waals surface area (Å²) in [4.78, 5) is 23.2. The minimum absolute atomic E-state index is 0.274. The third-order valence-corrected chi connectivity index (χ3v) is 4.53. The van der Waals surface area contributed by atoms with E-state index in [4.69, 9.17) is 11.6 Å². The maximum Gasteiger partial charge on any atom is 0.274 e. The molecule has 3 rings (SSSR count). The molecule has 24 heavy (non-hydrogen) atoms. The molecule has 1 aliphatic heterocycles. The molecule has 5 nitrogen and oxygen atoms in total. The molecular weight excluding hydrogens is 324 g/mol. The molecule has 2 heterocycles. The van der Waals surface area contributed by atoms with Crippen LogP contribution in [0.4, 0.5) is 11.5 Å². The molecule has 0 aliphatic carbocycles. The predicted octanol–water partition coefficient (Wildman–Crippen LogP) is 3.99.